The maximum absolute atomic E-state index is 11.1. The summed E-state index contributed by atoms with van der Waals surface area (Å²) in [6.45, 7) is 6.02. The molecule has 1 aromatic rings. The van der Waals surface area contributed by atoms with Crippen LogP contribution in [-0.2, 0) is 4.79 Å². The Balaban J connectivity index is 2.79. The van der Waals surface area contributed by atoms with E-state index in [-0.39, 0.29) is 6.04 Å². The van der Waals surface area contributed by atoms with E-state index in [0.29, 0.717) is 0 Å². The van der Waals surface area contributed by atoms with Crippen molar-refractivity contribution >= 4 is 17.3 Å². The van der Waals surface area contributed by atoms with Gasteiger partial charge in [-0.05, 0) is 32.4 Å². The van der Waals surface area contributed by atoms with Crippen molar-refractivity contribution in [2.24, 2.45) is 0 Å². The molecular weight excluding hydrogens is 210 g/mol. The molecule has 0 bridgehead atoms. The molecular formula is C11H17NO2S. The van der Waals surface area contributed by atoms with Crippen molar-refractivity contribution in [3.63, 3.8) is 0 Å². The van der Waals surface area contributed by atoms with Crippen LogP contribution >= 0.6 is 11.3 Å². The molecule has 2 N–H and O–H groups in total. The van der Waals surface area contributed by atoms with E-state index in [1.54, 1.807) is 0 Å². The molecule has 1 rings (SSSR count). The van der Waals surface area contributed by atoms with Crippen LogP contribution in [0.5, 0.6) is 0 Å². The monoisotopic (exact) mass is 227 g/mol. The second-order valence-corrected chi connectivity index (χ2v) is 5.02. The minimum Gasteiger partial charge on any atom is -0.480 e. The topological polar surface area (TPSA) is 49.3 Å². The van der Waals surface area contributed by atoms with Crippen LogP contribution in [0.1, 0.15) is 36.1 Å². The molecule has 0 fully saturated rings. The van der Waals surface area contributed by atoms with E-state index >= 15 is 0 Å². The van der Waals surface area contributed by atoms with Gasteiger partial charge in [0.25, 0.3) is 0 Å². The maximum Gasteiger partial charge on any atom is 0.326 e. The molecule has 4 heteroatoms. The van der Waals surface area contributed by atoms with Crippen molar-refractivity contribution in [2.45, 2.75) is 39.3 Å². The van der Waals surface area contributed by atoms with Gasteiger partial charge in [-0.15, -0.1) is 11.3 Å². The second-order valence-electron chi connectivity index (χ2n) is 3.70. The van der Waals surface area contributed by atoms with E-state index in [1.165, 1.54) is 11.3 Å². The molecule has 1 aromatic heterocycles. The predicted octanol–water partition coefficient (Wildman–Crippen LogP) is 2.57. The lowest BCUT2D eigenvalue weighted by Crippen LogP contribution is -2.34. The molecule has 0 amide bonds. The molecule has 2 atom stereocenters. The predicted molar refractivity (Wildman–Crippen MR) is 62.3 cm³/mol. The molecule has 0 aliphatic rings. The largest absolute Gasteiger partial charge is 0.480 e. The number of hydrogen-bond acceptors (Lipinski definition) is 3. The summed E-state index contributed by atoms with van der Waals surface area (Å²) in [5, 5.41) is 12.2. The average Bonchev–Trinajstić information content (AvgIpc) is 2.60. The van der Waals surface area contributed by atoms with Crippen LogP contribution in [0.3, 0.4) is 0 Å². The molecule has 84 valence electrons. The fourth-order valence-electron chi connectivity index (χ4n) is 1.29. The normalized spacial score (nSPS) is 14.9. The van der Waals surface area contributed by atoms with Crippen LogP contribution in [0.4, 0.5) is 0 Å². The lowest BCUT2D eigenvalue weighted by Gasteiger charge is -2.17. The van der Waals surface area contributed by atoms with Crippen LogP contribution in [-0.4, -0.2) is 17.1 Å². The van der Waals surface area contributed by atoms with Crippen molar-refractivity contribution in [2.75, 3.05) is 0 Å². The van der Waals surface area contributed by atoms with Gasteiger partial charge in [-0.25, -0.2) is 0 Å². The molecule has 1 heterocycles. The van der Waals surface area contributed by atoms with Gasteiger partial charge >= 0.3 is 5.97 Å². The Kier molecular flexibility index (Phi) is 4.29. The first-order chi connectivity index (χ1) is 7.04. The lowest BCUT2D eigenvalue weighted by molar-refractivity contribution is -0.139. The Morgan fingerprint density at radius 2 is 2.27 bits per heavy atom. The molecule has 0 aliphatic carbocycles. The van der Waals surface area contributed by atoms with Gasteiger partial charge < -0.3 is 5.11 Å². The third-order valence-corrected chi connectivity index (χ3v) is 3.42. The fourth-order valence-corrected chi connectivity index (χ4v) is 2.22. The third kappa shape index (κ3) is 3.32. The second kappa shape index (κ2) is 5.28. The first-order valence-electron chi connectivity index (χ1n) is 5.09. The van der Waals surface area contributed by atoms with Crippen LogP contribution in [0.15, 0.2) is 12.1 Å². The number of aryl methyl sites for hydroxylation is 1. The Bertz CT molecular complexity index is 335. The minimum absolute atomic E-state index is 0.216. The first-order valence-corrected chi connectivity index (χ1v) is 5.91. The van der Waals surface area contributed by atoms with Gasteiger partial charge in [-0.3, -0.25) is 10.1 Å². The number of carbonyl (C=O) groups is 1. The van der Waals surface area contributed by atoms with E-state index in [2.05, 4.69) is 5.32 Å². The third-order valence-electron chi connectivity index (χ3n) is 2.36. The van der Waals surface area contributed by atoms with E-state index in [9.17, 15) is 4.79 Å². The first kappa shape index (κ1) is 12.2. The molecule has 0 saturated carbocycles. The van der Waals surface area contributed by atoms with E-state index in [1.807, 2.05) is 32.9 Å². The summed E-state index contributed by atoms with van der Waals surface area (Å²) in [6.07, 6.45) is 0.925. The standard InChI is InChI=1S/C11H17NO2S/c1-4-7(2)12-10(11(13)14)9-6-5-8(3)15-9/h5-7,10,12H,4H2,1-3H3,(H,13,14). The smallest absolute Gasteiger partial charge is 0.326 e. The number of hydrogen-bond donors (Lipinski definition) is 2. The molecule has 0 saturated heterocycles. The van der Waals surface area contributed by atoms with E-state index < -0.39 is 12.0 Å². The molecule has 3 nitrogen and oxygen atoms in total. The van der Waals surface area contributed by atoms with Gasteiger partial charge in [0.15, 0.2) is 0 Å². The lowest BCUT2D eigenvalue weighted by atomic mass is 10.2. The summed E-state index contributed by atoms with van der Waals surface area (Å²) in [6, 6.07) is 3.48. The van der Waals surface area contributed by atoms with Gasteiger partial charge in [0.05, 0.1) is 0 Å². The van der Waals surface area contributed by atoms with Crippen molar-refractivity contribution in [3.8, 4) is 0 Å². The van der Waals surface area contributed by atoms with Crippen LogP contribution in [0.2, 0.25) is 0 Å². The summed E-state index contributed by atoms with van der Waals surface area (Å²) in [5.74, 6) is -0.808. The number of carboxylic acids is 1. The highest BCUT2D eigenvalue weighted by atomic mass is 32.1. The molecule has 15 heavy (non-hydrogen) atoms. The van der Waals surface area contributed by atoms with E-state index in [4.69, 9.17) is 5.11 Å². The maximum atomic E-state index is 11.1. The van der Waals surface area contributed by atoms with Crippen molar-refractivity contribution in [1.29, 1.82) is 0 Å². The number of nitrogens with one attached hydrogen (secondary N) is 1. The average molecular weight is 227 g/mol. The van der Waals surface area contributed by atoms with Gasteiger partial charge in [0.1, 0.15) is 6.04 Å². The van der Waals surface area contributed by atoms with Gasteiger partial charge in [-0.1, -0.05) is 6.92 Å². The zero-order valence-corrected chi connectivity index (χ0v) is 10.1. The highest BCUT2D eigenvalue weighted by Crippen LogP contribution is 2.23. The quantitative estimate of drug-likeness (QED) is 0.812. The molecule has 0 spiro atoms. The summed E-state index contributed by atoms with van der Waals surface area (Å²) in [4.78, 5) is 13.1. The zero-order chi connectivity index (χ0) is 11.4. The minimum atomic E-state index is -0.808. The molecule has 0 aromatic carbocycles. The van der Waals surface area contributed by atoms with Crippen molar-refractivity contribution in [3.05, 3.63) is 21.9 Å². The Morgan fingerprint density at radius 3 is 2.67 bits per heavy atom. The molecule has 0 aliphatic heterocycles. The summed E-state index contributed by atoms with van der Waals surface area (Å²) >= 11 is 1.53. The number of thiophene rings is 1. The Labute approximate surface area is 94.1 Å². The highest BCUT2D eigenvalue weighted by molar-refractivity contribution is 7.12. The Hall–Kier alpha value is -0.870. The number of aliphatic carboxylic acids is 1. The molecule has 2 unspecified atom stereocenters. The SMILES string of the molecule is CCC(C)NC(C(=O)O)c1ccc(C)s1. The van der Waals surface area contributed by atoms with Gasteiger partial charge in [0.2, 0.25) is 0 Å². The van der Waals surface area contributed by atoms with Gasteiger partial charge in [0, 0.05) is 15.8 Å². The zero-order valence-electron chi connectivity index (χ0n) is 9.28. The fraction of sp³-hybridized carbons (Fsp3) is 0.545. The summed E-state index contributed by atoms with van der Waals surface area (Å²) in [5.41, 5.74) is 0. The molecule has 0 radical (unpaired) electrons. The number of rotatable bonds is 5. The van der Waals surface area contributed by atoms with Crippen LogP contribution in [0.25, 0.3) is 0 Å². The van der Waals surface area contributed by atoms with Crippen LogP contribution < -0.4 is 5.32 Å². The Morgan fingerprint density at radius 1 is 1.60 bits per heavy atom. The van der Waals surface area contributed by atoms with Crippen molar-refractivity contribution < 1.29 is 9.90 Å². The van der Waals surface area contributed by atoms with Crippen LogP contribution in [0, 0.1) is 6.92 Å². The van der Waals surface area contributed by atoms with Gasteiger partial charge in [-0.2, -0.15) is 0 Å². The van der Waals surface area contributed by atoms with Crippen molar-refractivity contribution in [1.82, 2.24) is 5.32 Å². The number of carboxylic acid groups (broad SMARTS) is 1. The summed E-state index contributed by atoms with van der Waals surface area (Å²) < 4.78 is 0. The highest BCUT2D eigenvalue weighted by Gasteiger charge is 2.22. The summed E-state index contributed by atoms with van der Waals surface area (Å²) in [7, 11) is 0. The van der Waals surface area contributed by atoms with E-state index in [0.717, 1.165) is 16.2 Å².